The number of hydrogen-bond acceptors (Lipinski definition) is 4. The zero-order chi connectivity index (χ0) is 19.7. The van der Waals surface area contributed by atoms with E-state index in [0.29, 0.717) is 11.3 Å². The molecule has 1 saturated heterocycles. The van der Waals surface area contributed by atoms with Gasteiger partial charge in [0.2, 0.25) is 0 Å². The highest BCUT2D eigenvalue weighted by Gasteiger charge is 2.35. The fourth-order valence-electron chi connectivity index (χ4n) is 2.51. The molecule has 0 aliphatic carbocycles. The van der Waals surface area contributed by atoms with E-state index in [-0.39, 0.29) is 26.4 Å². The molecule has 1 aliphatic heterocycles. The van der Waals surface area contributed by atoms with Crippen LogP contribution in [-0.4, -0.2) is 24.0 Å². The van der Waals surface area contributed by atoms with Crippen LogP contribution >= 0.6 is 51.3 Å². The standard InChI is InChI=1S/C18H11BrCl2N2O3S/c1-26-14-6-5-10(19)7-9(14)8-11-16(24)22-18(27)23(17(11)25)13-4-2-3-12(20)15(13)21/h2-8H,1H3,(H,22,24,27)/b11-8-. The van der Waals surface area contributed by atoms with E-state index in [1.165, 1.54) is 13.2 Å². The van der Waals surface area contributed by atoms with Crippen LogP contribution in [0.1, 0.15) is 5.56 Å². The predicted molar refractivity (Wildman–Crippen MR) is 113 cm³/mol. The van der Waals surface area contributed by atoms with E-state index in [1.54, 1.807) is 36.4 Å². The molecule has 0 aromatic heterocycles. The number of nitrogens with one attached hydrogen (secondary N) is 1. The number of methoxy groups -OCH3 is 1. The van der Waals surface area contributed by atoms with Gasteiger partial charge < -0.3 is 4.74 Å². The molecule has 0 atom stereocenters. The van der Waals surface area contributed by atoms with Crippen molar-refractivity contribution in [2.24, 2.45) is 0 Å². The number of rotatable bonds is 3. The summed E-state index contributed by atoms with van der Waals surface area (Å²) in [5.41, 5.74) is 0.720. The molecule has 1 heterocycles. The smallest absolute Gasteiger partial charge is 0.270 e. The summed E-state index contributed by atoms with van der Waals surface area (Å²) in [6, 6.07) is 10.1. The van der Waals surface area contributed by atoms with Crippen LogP contribution in [-0.2, 0) is 9.59 Å². The Morgan fingerprint density at radius 2 is 1.96 bits per heavy atom. The van der Waals surface area contributed by atoms with Gasteiger partial charge in [0.15, 0.2) is 5.11 Å². The average molecular weight is 486 g/mol. The largest absolute Gasteiger partial charge is 0.496 e. The van der Waals surface area contributed by atoms with E-state index in [1.807, 2.05) is 0 Å². The fourth-order valence-corrected chi connectivity index (χ4v) is 3.55. The predicted octanol–water partition coefficient (Wildman–Crippen LogP) is 4.60. The van der Waals surface area contributed by atoms with Gasteiger partial charge in [0.05, 0.1) is 22.8 Å². The molecule has 1 aliphatic rings. The topological polar surface area (TPSA) is 58.6 Å². The fraction of sp³-hybridized carbons (Fsp3) is 0.0556. The SMILES string of the molecule is COc1ccc(Br)cc1/C=C1/C(=O)NC(=S)N(c2cccc(Cl)c2Cl)C1=O. The van der Waals surface area contributed by atoms with Crippen molar-refractivity contribution in [3.8, 4) is 5.75 Å². The minimum atomic E-state index is -0.616. The summed E-state index contributed by atoms with van der Waals surface area (Å²) in [5, 5.41) is 2.85. The van der Waals surface area contributed by atoms with Gasteiger partial charge in [-0.15, -0.1) is 0 Å². The molecule has 0 spiro atoms. The number of benzene rings is 2. The van der Waals surface area contributed by atoms with Crippen molar-refractivity contribution in [1.29, 1.82) is 0 Å². The van der Waals surface area contributed by atoms with Gasteiger partial charge >= 0.3 is 0 Å². The van der Waals surface area contributed by atoms with Crippen molar-refractivity contribution in [3.05, 3.63) is 62.1 Å². The lowest BCUT2D eigenvalue weighted by molar-refractivity contribution is -0.122. The molecule has 0 unspecified atom stereocenters. The summed E-state index contributed by atoms with van der Waals surface area (Å²) in [6.07, 6.45) is 1.44. The molecule has 0 saturated carbocycles. The van der Waals surface area contributed by atoms with E-state index in [4.69, 9.17) is 40.2 Å². The van der Waals surface area contributed by atoms with Crippen LogP contribution in [0.3, 0.4) is 0 Å². The number of nitrogens with zero attached hydrogens (tertiary/aromatic N) is 1. The van der Waals surface area contributed by atoms with Crippen LogP contribution in [0.15, 0.2) is 46.4 Å². The summed E-state index contributed by atoms with van der Waals surface area (Å²) in [5.74, 6) is -0.719. The molecule has 5 nitrogen and oxygen atoms in total. The Balaban J connectivity index is 2.11. The third-order valence-electron chi connectivity index (χ3n) is 3.77. The van der Waals surface area contributed by atoms with Gasteiger partial charge in [0.1, 0.15) is 11.3 Å². The Bertz CT molecular complexity index is 1010. The van der Waals surface area contributed by atoms with E-state index in [9.17, 15) is 9.59 Å². The molecule has 0 bridgehead atoms. The van der Waals surface area contributed by atoms with Gasteiger partial charge in [-0.1, -0.05) is 45.2 Å². The van der Waals surface area contributed by atoms with E-state index >= 15 is 0 Å². The molecule has 138 valence electrons. The molecular formula is C18H11BrCl2N2O3S. The van der Waals surface area contributed by atoms with Crippen molar-refractivity contribution < 1.29 is 14.3 Å². The third-order valence-corrected chi connectivity index (χ3v) is 5.35. The second-order valence-corrected chi connectivity index (χ2v) is 7.50. The van der Waals surface area contributed by atoms with Crippen LogP contribution in [0.25, 0.3) is 6.08 Å². The van der Waals surface area contributed by atoms with Crippen LogP contribution in [0.5, 0.6) is 5.75 Å². The molecule has 2 amide bonds. The van der Waals surface area contributed by atoms with Crippen molar-refractivity contribution in [2.75, 3.05) is 12.0 Å². The Morgan fingerprint density at radius 3 is 2.67 bits per heavy atom. The maximum absolute atomic E-state index is 13.1. The van der Waals surface area contributed by atoms with Crippen molar-refractivity contribution in [1.82, 2.24) is 5.32 Å². The minimum Gasteiger partial charge on any atom is -0.496 e. The molecule has 1 fully saturated rings. The molecule has 3 rings (SSSR count). The molecule has 1 N–H and O–H groups in total. The van der Waals surface area contributed by atoms with Crippen LogP contribution in [0.4, 0.5) is 5.69 Å². The normalized spacial score (nSPS) is 15.9. The van der Waals surface area contributed by atoms with Crippen molar-refractivity contribution in [3.63, 3.8) is 0 Å². The first kappa shape index (κ1) is 19.8. The lowest BCUT2D eigenvalue weighted by atomic mass is 10.1. The maximum atomic E-state index is 13.1. The number of carbonyl (C=O) groups is 2. The number of halogens is 3. The van der Waals surface area contributed by atoms with E-state index < -0.39 is 11.8 Å². The number of ether oxygens (including phenoxy) is 1. The first-order valence-electron chi connectivity index (χ1n) is 7.52. The van der Waals surface area contributed by atoms with Crippen LogP contribution in [0.2, 0.25) is 10.0 Å². The van der Waals surface area contributed by atoms with Gasteiger partial charge in [-0.25, -0.2) is 0 Å². The van der Waals surface area contributed by atoms with Crippen molar-refractivity contribution in [2.45, 2.75) is 0 Å². The molecule has 27 heavy (non-hydrogen) atoms. The molecule has 2 aromatic carbocycles. The summed E-state index contributed by atoms with van der Waals surface area (Å²) < 4.78 is 6.06. The second kappa shape index (κ2) is 7.98. The van der Waals surface area contributed by atoms with Gasteiger partial charge in [-0.2, -0.15) is 0 Å². The van der Waals surface area contributed by atoms with Crippen LogP contribution < -0.4 is 15.0 Å². The van der Waals surface area contributed by atoms with E-state index in [2.05, 4.69) is 21.2 Å². The number of thiocarbonyl (C=S) groups is 1. The molecular weight excluding hydrogens is 475 g/mol. The zero-order valence-electron chi connectivity index (χ0n) is 13.8. The molecule has 2 aromatic rings. The summed E-state index contributed by atoms with van der Waals surface area (Å²) in [4.78, 5) is 26.6. The first-order valence-corrected chi connectivity index (χ1v) is 9.48. The minimum absolute atomic E-state index is 0.0764. The highest BCUT2D eigenvalue weighted by molar-refractivity contribution is 9.10. The Labute approximate surface area is 179 Å². The second-order valence-electron chi connectivity index (χ2n) is 5.42. The quantitative estimate of drug-likeness (QED) is 0.392. The Hall–Kier alpha value is -1.93. The zero-order valence-corrected chi connectivity index (χ0v) is 17.7. The maximum Gasteiger partial charge on any atom is 0.270 e. The Morgan fingerprint density at radius 1 is 1.22 bits per heavy atom. The number of hydrogen-bond donors (Lipinski definition) is 1. The molecule has 0 radical (unpaired) electrons. The first-order chi connectivity index (χ1) is 12.8. The highest BCUT2D eigenvalue weighted by Crippen LogP contribution is 2.35. The monoisotopic (exact) mass is 484 g/mol. The summed E-state index contributed by atoms with van der Waals surface area (Å²) in [6.45, 7) is 0. The van der Waals surface area contributed by atoms with E-state index in [0.717, 1.165) is 9.37 Å². The van der Waals surface area contributed by atoms with Crippen molar-refractivity contribution >= 4 is 80.0 Å². The van der Waals surface area contributed by atoms with Gasteiger partial charge in [-0.3, -0.25) is 19.8 Å². The van der Waals surface area contributed by atoms with Gasteiger partial charge in [0.25, 0.3) is 11.8 Å². The molecule has 9 heteroatoms. The summed E-state index contributed by atoms with van der Waals surface area (Å²) in [7, 11) is 1.50. The Kier molecular flexibility index (Phi) is 5.86. The van der Waals surface area contributed by atoms with Gasteiger partial charge in [0, 0.05) is 10.0 Å². The number of anilines is 1. The van der Waals surface area contributed by atoms with Gasteiger partial charge in [-0.05, 0) is 48.6 Å². The summed E-state index contributed by atoms with van der Waals surface area (Å²) >= 11 is 20.8. The highest BCUT2D eigenvalue weighted by atomic mass is 79.9. The lowest BCUT2D eigenvalue weighted by Gasteiger charge is -2.29. The number of carbonyl (C=O) groups excluding carboxylic acids is 2. The average Bonchev–Trinajstić information content (AvgIpc) is 2.62. The van der Waals surface area contributed by atoms with Crippen LogP contribution in [0, 0.1) is 0 Å². The third kappa shape index (κ3) is 3.87. The lowest BCUT2D eigenvalue weighted by Crippen LogP contribution is -2.54. The number of amides is 2.